The highest BCUT2D eigenvalue weighted by Crippen LogP contribution is 2.39. The molecule has 21 heavy (non-hydrogen) atoms. The van der Waals surface area contributed by atoms with Crippen molar-refractivity contribution in [3.63, 3.8) is 0 Å². The van der Waals surface area contributed by atoms with Gasteiger partial charge in [0.25, 0.3) is 0 Å². The number of rotatable bonds is 4. The Morgan fingerprint density at radius 3 is 2.52 bits per heavy atom. The number of nitrogens with one attached hydrogen (secondary N) is 1. The van der Waals surface area contributed by atoms with Crippen LogP contribution in [-0.4, -0.2) is 60.6 Å². The smallest absolute Gasteiger partial charge is 0.0255 e. The molecular weight excluding hydrogens is 258 g/mol. The molecule has 2 heterocycles. The van der Waals surface area contributed by atoms with Gasteiger partial charge in [0.1, 0.15) is 0 Å². The van der Waals surface area contributed by atoms with Crippen LogP contribution in [-0.2, 0) is 0 Å². The number of hydrogen-bond acceptors (Lipinski definition) is 3. The summed E-state index contributed by atoms with van der Waals surface area (Å²) in [6.45, 7) is 13.7. The van der Waals surface area contributed by atoms with Gasteiger partial charge in [-0.2, -0.15) is 0 Å². The highest BCUT2D eigenvalue weighted by Gasteiger charge is 2.41. The molecule has 0 spiro atoms. The Labute approximate surface area is 131 Å². The van der Waals surface area contributed by atoms with Crippen molar-refractivity contribution in [1.82, 2.24) is 15.1 Å². The van der Waals surface area contributed by atoms with Crippen LogP contribution in [0.2, 0.25) is 0 Å². The Hall–Kier alpha value is -0.120. The van der Waals surface area contributed by atoms with Crippen LogP contribution in [0.1, 0.15) is 59.3 Å². The number of likely N-dealkylation sites (tertiary alicyclic amines) is 2. The van der Waals surface area contributed by atoms with Gasteiger partial charge in [0.05, 0.1) is 0 Å². The summed E-state index contributed by atoms with van der Waals surface area (Å²) in [6, 6.07) is 2.33. The summed E-state index contributed by atoms with van der Waals surface area (Å²) in [5, 5.41) is 3.78. The Morgan fingerprint density at radius 2 is 1.81 bits per heavy atom. The van der Waals surface area contributed by atoms with Crippen LogP contribution in [0, 0.1) is 5.41 Å². The van der Waals surface area contributed by atoms with Gasteiger partial charge in [-0.15, -0.1) is 0 Å². The van der Waals surface area contributed by atoms with E-state index in [2.05, 4.69) is 35.9 Å². The maximum absolute atomic E-state index is 3.78. The van der Waals surface area contributed by atoms with E-state index in [9.17, 15) is 0 Å². The lowest BCUT2D eigenvalue weighted by Crippen LogP contribution is -2.54. The number of likely N-dealkylation sites (N-methyl/N-ethyl adjacent to an activating group) is 1. The summed E-state index contributed by atoms with van der Waals surface area (Å²) < 4.78 is 0. The molecule has 3 atom stereocenters. The Morgan fingerprint density at radius 1 is 1.05 bits per heavy atom. The molecule has 122 valence electrons. The molecule has 0 amide bonds. The van der Waals surface area contributed by atoms with Gasteiger partial charge in [0.2, 0.25) is 0 Å². The maximum atomic E-state index is 3.78. The molecule has 2 aliphatic heterocycles. The highest BCUT2D eigenvalue weighted by atomic mass is 15.3. The summed E-state index contributed by atoms with van der Waals surface area (Å²) in [5.41, 5.74) is 0.530. The molecule has 3 unspecified atom stereocenters. The first-order chi connectivity index (χ1) is 10.1. The fourth-order valence-electron chi connectivity index (χ4n) is 4.91. The molecule has 1 aliphatic carbocycles. The van der Waals surface area contributed by atoms with Crippen molar-refractivity contribution < 1.29 is 0 Å². The average molecular weight is 293 g/mol. The second-order valence-electron chi connectivity index (χ2n) is 8.32. The third-order valence-electron chi connectivity index (χ3n) is 6.15. The van der Waals surface area contributed by atoms with Gasteiger partial charge < -0.3 is 5.32 Å². The zero-order valence-corrected chi connectivity index (χ0v) is 14.4. The molecule has 0 bridgehead atoms. The predicted molar refractivity (Wildman–Crippen MR) is 89.7 cm³/mol. The van der Waals surface area contributed by atoms with Crippen molar-refractivity contribution in [2.24, 2.45) is 5.41 Å². The van der Waals surface area contributed by atoms with Crippen molar-refractivity contribution >= 4 is 0 Å². The van der Waals surface area contributed by atoms with Crippen molar-refractivity contribution in [1.29, 1.82) is 0 Å². The molecule has 3 nitrogen and oxygen atoms in total. The molecule has 3 heteroatoms. The standard InChI is InChI=1S/C18H35N3/c1-4-19-16-7-9-18(2,3)13-17(16)21-12-8-15(14-21)20-10-5-6-11-20/h15-17,19H,4-14H2,1-3H3. The minimum atomic E-state index is 0.530. The van der Waals surface area contributed by atoms with Gasteiger partial charge in [0, 0.05) is 31.2 Å². The van der Waals surface area contributed by atoms with E-state index in [1.807, 2.05) is 0 Å². The molecule has 0 radical (unpaired) electrons. The summed E-state index contributed by atoms with van der Waals surface area (Å²) >= 11 is 0. The van der Waals surface area contributed by atoms with Gasteiger partial charge in [-0.3, -0.25) is 9.80 Å². The molecule has 0 aromatic carbocycles. The van der Waals surface area contributed by atoms with Gasteiger partial charge in [-0.25, -0.2) is 0 Å². The minimum absolute atomic E-state index is 0.530. The van der Waals surface area contributed by atoms with Gasteiger partial charge >= 0.3 is 0 Å². The van der Waals surface area contributed by atoms with Gasteiger partial charge in [-0.05, 0) is 63.6 Å². The second kappa shape index (κ2) is 6.55. The predicted octanol–water partition coefficient (Wildman–Crippen LogP) is 2.71. The molecule has 3 fully saturated rings. The first kappa shape index (κ1) is 15.8. The molecule has 3 rings (SSSR count). The van der Waals surface area contributed by atoms with Gasteiger partial charge in [0.15, 0.2) is 0 Å². The average Bonchev–Trinajstić information content (AvgIpc) is 3.10. The number of nitrogens with zero attached hydrogens (tertiary/aromatic N) is 2. The Kier molecular flexibility index (Phi) is 4.92. The molecule has 3 aliphatic rings. The highest BCUT2D eigenvalue weighted by molar-refractivity contribution is 4.98. The van der Waals surface area contributed by atoms with E-state index in [1.165, 1.54) is 64.7 Å². The van der Waals surface area contributed by atoms with Crippen molar-refractivity contribution in [3.8, 4) is 0 Å². The van der Waals surface area contributed by atoms with E-state index in [1.54, 1.807) is 0 Å². The van der Waals surface area contributed by atoms with Crippen molar-refractivity contribution in [2.45, 2.75) is 77.4 Å². The molecule has 1 N–H and O–H groups in total. The largest absolute Gasteiger partial charge is 0.313 e. The quantitative estimate of drug-likeness (QED) is 0.860. The van der Waals surface area contributed by atoms with E-state index in [-0.39, 0.29) is 0 Å². The molecule has 1 saturated carbocycles. The monoisotopic (exact) mass is 293 g/mol. The van der Waals surface area contributed by atoms with E-state index in [0.29, 0.717) is 5.41 Å². The maximum Gasteiger partial charge on any atom is 0.0255 e. The lowest BCUT2D eigenvalue weighted by molar-refractivity contribution is 0.0757. The van der Waals surface area contributed by atoms with Crippen molar-refractivity contribution in [2.75, 3.05) is 32.7 Å². The Bertz CT molecular complexity index is 335. The first-order valence-electron chi connectivity index (χ1n) is 9.30. The zero-order valence-electron chi connectivity index (χ0n) is 14.4. The lowest BCUT2D eigenvalue weighted by Gasteiger charge is -2.45. The topological polar surface area (TPSA) is 18.5 Å². The van der Waals surface area contributed by atoms with Crippen LogP contribution in [0.5, 0.6) is 0 Å². The third kappa shape index (κ3) is 3.62. The van der Waals surface area contributed by atoms with E-state index in [4.69, 9.17) is 0 Å². The lowest BCUT2D eigenvalue weighted by atomic mass is 9.72. The zero-order chi connectivity index (χ0) is 14.9. The van der Waals surface area contributed by atoms with Crippen LogP contribution in [0.25, 0.3) is 0 Å². The summed E-state index contributed by atoms with van der Waals surface area (Å²) in [6.07, 6.45) is 8.36. The fourth-order valence-corrected chi connectivity index (χ4v) is 4.91. The summed E-state index contributed by atoms with van der Waals surface area (Å²) in [4.78, 5) is 5.59. The first-order valence-corrected chi connectivity index (χ1v) is 9.30. The molecule has 2 saturated heterocycles. The van der Waals surface area contributed by atoms with Crippen LogP contribution in [0.4, 0.5) is 0 Å². The fraction of sp³-hybridized carbons (Fsp3) is 1.00. The number of hydrogen-bond donors (Lipinski definition) is 1. The van der Waals surface area contributed by atoms with Crippen LogP contribution >= 0.6 is 0 Å². The SMILES string of the molecule is CCNC1CCC(C)(C)CC1N1CCC(N2CCCC2)C1. The van der Waals surface area contributed by atoms with Gasteiger partial charge in [-0.1, -0.05) is 20.8 Å². The van der Waals surface area contributed by atoms with E-state index >= 15 is 0 Å². The molecule has 0 aromatic heterocycles. The summed E-state index contributed by atoms with van der Waals surface area (Å²) in [5.74, 6) is 0. The Balaban J connectivity index is 1.62. The minimum Gasteiger partial charge on any atom is -0.313 e. The van der Waals surface area contributed by atoms with Crippen LogP contribution in [0.15, 0.2) is 0 Å². The normalized spacial score (nSPS) is 38.1. The van der Waals surface area contributed by atoms with E-state index < -0.39 is 0 Å². The second-order valence-corrected chi connectivity index (χ2v) is 8.32. The van der Waals surface area contributed by atoms with Crippen molar-refractivity contribution in [3.05, 3.63) is 0 Å². The van der Waals surface area contributed by atoms with Crippen LogP contribution in [0.3, 0.4) is 0 Å². The third-order valence-corrected chi connectivity index (χ3v) is 6.15. The summed E-state index contributed by atoms with van der Waals surface area (Å²) in [7, 11) is 0. The molecule has 0 aromatic rings. The van der Waals surface area contributed by atoms with Crippen LogP contribution < -0.4 is 5.32 Å². The molecular formula is C18H35N3. The van der Waals surface area contributed by atoms with E-state index in [0.717, 1.165) is 24.7 Å².